The predicted octanol–water partition coefficient (Wildman–Crippen LogP) is 3.49. The molecule has 102 valence electrons. The lowest BCUT2D eigenvalue weighted by atomic mass is 10.1. The van der Waals surface area contributed by atoms with E-state index in [1.165, 1.54) is 0 Å². The summed E-state index contributed by atoms with van der Waals surface area (Å²) in [6, 6.07) is 7.86. The number of aliphatic hydroxyl groups excluding tert-OH is 1. The van der Waals surface area contributed by atoms with Gasteiger partial charge in [-0.2, -0.15) is 11.8 Å². The van der Waals surface area contributed by atoms with Crippen LogP contribution in [-0.2, 0) is 0 Å². The first kappa shape index (κ1) is 15.8. The zero-order chi connectivity index (χ0) is 13.4. The maximum Gasteiger partial charge on any atom is 0.0928 e. The molecular formula is C14H22ClNOS. The summed E-state index contributed by atoms with van der Waals surface area (Å²) < 4.78 is 0. The molecule has 0 spiro atoms. The molecule has 1 aromatic rings. The van der Waals surface area contributed by atoms with Crippen molar-refractivity contribution in [3.05, 3.63) is 34.9 Å². The smallest absolute Gasteiger partial charge is 0.0928 e. The molecule has 0 aliphatic rings. The molecule has 2 N–H and O–H groups in total. The zero-order valence-electron chi connectivity index (χ0n) is 11.0. The third-order valence-corrected chi connectivity index (χ3v) is 4.10. The van der Waals surface area contributed by atoms with Crippen LogP contribution in [0.3, 0.4) is 0 Å². The molecule has 2 atom stereocenters. The zero-order valence-corrected chi connectivity index (χ0v) is 12.6. The monoisotopic (exact) mass is 287 g/mol. The summed E-state index contributed by atoms with van der Waals surface area (Å²) >= 11 is 7.99. The number of rotatable bonds is 8. The molecule has 2 nitrogen and oxygen atoms in total. The molecule has 1 rings (SSSR count). The molecular weight excluding hydrogens is 266 g/mol. The van der Waals surface area contributed by atoms with Crippen molar-refractivity contribution in [1.82, 2.24) is 5.32 Å². The van der Waals surface area contributed by atoms with Gasteiger partial charge in [-0.05, 0) is 30.9 Å². The fraction of sp³-hybridized carbons (Fsp3) is 0.571. The molecule has 1 aromatic carbocycles. The highest BCUT2D eigenvalue weighted by Crippen LogP contribution is 2.22. The third-order valence-electron chi connectivity index (χ3n) is 2.82. The Kier molecular flexibility index (Phi) is 7.75. The van der Waals surface area contributed by atoms with E-state index in [2.05, 4.69) is 19.2 Å². The average molecular weight is 288 g/mol. The minimum Gasteiger partial charge on any atom is -0.387 e. The van der Waals surface area contributed by atoms with Crippen LogP contribution in [0.15, 0.2) is 24.3 Å². The Morgan fingerprint density at radius 1 is 1.39 bits per heavy atom. The number of hydrogen-bond donors (Lipinski definition) is 2. The van der Waals surface area contributed by atoms with Crippen molar-refractivity contribution < 1.29 is 5.11 Å². The fourth-order valence-electron chi connectivity index (χ4n) is 1.67. The molecule has 2 unspecified atom stereocenters. The van der Waals surface area contributed by atoms with Crippen LogP contribution in [0, 0.1) is 0 Å². The Morgan fingerprint density at radius 2 is 2.11 bits per heavy atom. The number of benzene rings is 1. The van der Waals surface area contributed by atoms with E-state index in [9.17, 15) is 5.11 Å². The lowest BCUT2D eigenvalue weighted by Crippen LogP contribution is -2.31. The van der Waals surface area contributed by atoms with Gasteiger partial charge in [0, 0.05) is 23.2 Å². The standard InChI is InChI=1S/C14H22ClNOS/c1-3-18-9-8-11(2)16-10-14(17)12-6-4-5-7-13(12)15/h4-7,11,14,16-17H,3,8-10H2,1-2H3. The van der Waals surface area contributed by atoms with Crippen LogP contribution in [0.2, 0.25) is 5.02 Å². The maximum atomic E-state index is 10.1. The lowest BCUT2D eigenvalue weighted by molar-refractivity contribution is 0.170. The van der Waals surface area contributed by atoms with Crippen LogP contribution in [0.4, 0.5) is 0 Å². The quantitative estimate of drug-likeness (QED) is 0.718. The van der Waals surface area contributed by atoms with Gasteiger partial charge in [0.2, 0.25) is 0 Å². The van der Waals surface area contributed by atoms with E-state index < -0.39 is 6.10 Å². The van der Waals surface area contributed by atoms with Crippen LogP contribution in [0.5, 0.6) is 0 Å². The Balaban J connectivity index is 2.32. The van der Waals surface area contributed by atoms with Gasteiger partial charge in [0.05, 0.1) is 6.10 Å². The largest absolute Gasteiger partial charge is 0.387 e. The van der Waals surface area contributed by atoms with Crippen LogP contribution in [0.25, 0.3) is 0 Å². The SMILES string of the molecule is CCSCCC(C)NCC(O)c1ccccc1Cl. The Hall–Kier alpha value is -0.220. The highest BCUT2D eigenvalue weighted by molar-refractivity contribution is 7.99. The second-order valence-electron chi connectivity index (χ2n) is 4.33. The summed E-state index contributed by atoms with van der Waals surface area (Å²) in [6.07, 6.45) is 0.577. The van der Waals surface area contributed by atoms with Crippen LogP contribution in [0.1, 0.15) is 31.9 Å². The summed E-state index contributed by atoms with van der Waals surface area (Å²) in [5, 5.41) is 14.0. The fourth-order valence-corrected chi connectivity index (χ4v) is 2.75. The number of halogens is 1. The molecule has 0 saturated heterocycles. The number of hydrogen-bond acceptors (Lipinski definition) is 3. The van der Waals surface area contributed by atoms with Crippen molar-refractivity contribution >= 4 is 23.4 Å². The molecule has 4 heteroatoms. The number of thioether (sulfide) groups is 1. The Bertz CT molecular complexity index is 348. The van der Waals surface area contributed by atoms with Gasteiger partial charge in [-0.1, -0.05) is 36.7 Å². The average Bonchev–Trinajstić information content (AvgIpc) is 2.37. The molecule has 0 aliphatic heterocycles. The van der Waals surface area contributed by atoms with Crippen LogP contribution >= 0.6 is 23.4 Å². The van der Waals surface area contributed by atoms with E-state index in [1.54, 1.807) is 6.07 Å². The maximum absolute atomic E-state index is 10.1. The van der Waals surface area contributed by atoms with Crippen molar-refractivity contribution in [2.45, 2.75) is 32.4 Å². The van der Waals surface area contributed by atoms with Gasteiger partial charge in [-0.25, -0.2) is 0 Å². The van der Waals surface area contributed by atoms with Gasteiger partial charge >= 0.3 is 0 Å². The first-order chi connectivity index (χ1) is 8.65. The highest BCUT2D eigenvalue weighted by Gasteiger charge is 2.11. The second kappa shape index (κ2) is 8.81. The minimum atomic E-state index is -0.542. The molecule has 0 heterocycles. The van der Waals surface area contributed by atoms with Crippen LogP contribution < -0.4 is 5.32 Å². The van der Waals surface area contributed by atoms with Crippen molar-refractivity contribution in [3.8, 4) is 0 Å². The van der Waals surface area contributed by atoms with Crippen molar-refractivity contribution in [3.63, 3.8) is 0 Å². The topological polar surface area (TPSA) is 32.3 Å². The predicted molar refractivity (Wildman–Crippen MR) is 81.5 cm³/mol. The van der Waals surface area contributed by atoms with E-state index in [0.29, 0.717) is 17.6 Å². The van der Waals surface area contributed by atoms with Gasteiger partial charge in [0.1, 0.15) is 0 Å². The van der Waals surface area contributed by atoms with Gasteiger partial charge < -0.3 is 10.4 Å². The molecule has 0 saturated carbocycles. The van der Waals surface area contributed by atoms with E-state index in [-0.39, 0.29) is 0 Å². The highest BCUT2D eigenvalue weighted by atomic mass is 35.5. The normalized spacial score (nSPS) is 14.4. The van der Waals surface area contributed by atoms with Crippen LogP contribution in [-0.4, -0.2) is 29.2 Å². The molecule has 0 aromatic heterocycles. The van der Waals surface area contributed by atoms with E-state index in [1.807, 2.05) is 30.0 Å². The molecule has 0 radical (unpaired) electrons. The first-order valence-electron chi connectivity index (χ1n) is 6.38. The lowest BCUT2D eigenvalue weighted by Gasteiger charge is -2.18. The van der Waals surface area contributed by atoms with Gasteiger partial charge in [-0.15, -0.1) is 0 Å². The third kappa shape index (κ3) is 5.61. The summed E-state index contributed by atoms with van der Waals surface area (Å²) in [5.41, 5.74) is 0.793. The Morgan fingerprint density at radius 3 is 2.78 bits per heavy atom. The molecule has 0 amide bonds. The van der Waals surface area contributed by atoms with Crippen molar-refractivity contribution in [2.75, 3.05) is 18.1 Å². The van der Waals surface area contributed by atoms with Crippen molar-refractivity contribution in [1.29, 1.82) is 0 Å². The first-order valence-corrected chi connectivity index (χ1v) is 7.92. The van der Waals surface area contributed by atoms with Gasteiger partial charge in [0.15, 0.2) is 0 Å². The number of aliphatic hydroxyl groups is 1. The van der Waals surface area contributed by atoms with E-state index >= 15 is 0 Å². The van der Waals surface area contributed by atoms with Gasteiger partial charge in [0.25, 0.3) is 0 Å². The molecule has 0 bridgehead atoms. The summed E-state index contributed by atoms with van der Waals surface area (Å²) in [6.45, 7) is 4.86. The second-order valence-corrected chi connectivity index (χ2v) is 6.13. The van der Waals surface area contributed by atoms with E-state index in [0.717, 1.165) is 23.5 Å². The van der Waals surface area contributed by atoms with Crippen molar-refractivity contribution in [2.24, 2.45) is 0 Å². The molecule has 0 fully saturated rings. The molecule has 18 heavy (non-hydrogen) atoms. The number of nitrogens with one attached hydrogen (secondary N) is 1. The summed E-state index contributed by atoms with van der Waals surface area (Å²) in [4.78, 5) is 0. The summed E-state index contributed by atoms with van der Waals surface area (Å²) in [7, 11) is 0. The minimum absolute atomic E-state index is 0.418. The Labute approximate surface area is 119 Å². The van der Waals surface area contributed by atoms with Gasteiger partial charge in [-0.3, -0.25) is 0 Å². The van der Waals surface area contributed by atoms with E-state index in [4.69, 9.17) is 11.6 Å². The molecule has 0 aliphatic carbocycles. The summed E-state index contributed by atoms with van der Waals surface area (Å²) in [5.74, 6) is 2.32.